The number of carbonyl (C=O) groups excluding carboxylic acids is 2. The first-order valence-corrected chi connectivity index (χ1v) is 9.60. The number of anilines is 1. The van der Waals surface area contributed by atoms with Gasteiger partial charge < -0.3 is 9.64 Å². The molecule has 0 unspecified atom stereocenters. The standard InChI is InChI=1S/C18H21N5O3S/c1-2-26-17(25)14-5-9-23(10-6-14)18-20-11-15(27-18)12-21-22-16(24)13-3-7-19-8-4-13/h3-4,7-8,11-12,14H,2,5-6,9-10H2,1H3,(H,22,24)/b21-12-. The molecule has 0 saturated carbocycles. The molecule has 2 aromatic heterocycles. The van der Waals surface area contributed by atoms with Crippen LogP contribution in [0.1, 0.15) is 35.0 Å². The SMILES string of the molecule is CCOC(=O)C1CCN(c2ncc(/C=N\NC(=O)c3ccncc3)s2)CC1. The highest BCUT2D eigenvalue weighted by atomic mass is 32.1. The van der Waals surface area contributed by atoms with Crippen LogP contribution in [0.15, 0.2) is 35.8 Å². The zero-order chi connectivity index (χ0) is 19.1. The van der Waals surface area contributed by atoms with Gasteiger partial charge in [-0.05, 0) is 31.9 Å². The van der Waals surface area contributed by atoms with Gasteiger partial charge in [-0.15, -0.1) is 0 Å². The molecule has 0 spiro atoms. The van der Waals surface area contributed by atoms with E-state index in [9.17, 15) is 9.59 Å². The molecule has 142 valence electrons. The van der Waals surface area contributed by atoms with Crippen molar-refractivity contribution in [1.82, 2.24) is 15.4 Å². The van der Waals surface area contributed by atoms with Gasteiger partial charge in [0.1, 0.15) is 0 Å². The summed E-state index contributed by atoms with van der Waals surface area (Å²) in [4.78, 5) is 35.0. The molecule has 0 bridgehead atoms. The number of pyridine rings is 1. The fourth-order valence-electron chi connectivity index (χ4n) is 2.77. The Labute approximate surface area is 161 Å². The topological polar surface area (TPSA) is 96.8 Å². The molecule has 3 rings (SSSR count). The summed E-state index contributed by atoms with van der Waals surface area (Å²) in [7, 11) is 0. The average molecular weight is 387 g/mol. The Kier molecular flexibility index (Phi) is 6.48. The van der Waals surface area contributed by atoms with E-state index in [1.807, 2.05) is 6.92 Å². The molecule has 1 aliphatic heterocycles. The minimum Gasteiger partial charge on any atom is -0.466 e. The number of nitrogens with zero attached hydrogens (tertiary/aromatic N) is 4. The second kappa shape index (κ2) is 9.22. The number of hydrazone groups is 1. The number of nitrogens with one attached hydrogen (secondary N) is 1. The Hall–Kier alpha value is -2.81. The highest BCUT2D eigenvalue weighted by Gasteiger charge is 2.27. The summed E-state index contributed by atoms with van der Waals surface area (Å²) < 4.78 is 5.10. The number of esters is 1. The third-order valence-corrected chi connectivity index (χ3v) is 5.19. The van der Waals surface area contributed by atoms with Crippen molar-refractivity contribution in [3.8, 4) is 0 Å². The van der Waals surface area contributed by atoms with E-state index in [-0.39, 0.29) is 17.8 Å². The zero-order valence-corrected chi connectivity index (χ0v) is 15.8. The minimum atomic E-state index is -0.292. The van der Waals surface area contributed by atoms with Crippen molar-refractivity contribution in [3.05, 3.63) is 41.2 Å². The Bertz CT molecular complexity index is 800. The smallest absolute Gasteiger partial charge is 0.309 e. The monoisotopic (exact) mass is 387 g/mol. The van der Waals surface area contributed by atoms with Gasteiger partial charge in [-0.3, -0.25) is 14.6 Å². The molecule has 1 fully saturated rings. The number of carbonyl (C=O) groups is 2. The normalized spacial score (nSPS) is 15.1. The lowest BCUT2D eigenvalue weighted by atomic mass is 9.97. The molecule has 1 amide bonds. The third kappa shape index (κ3) is 5.10. The fraction of sp³-hybridized carbons (Fsp3) is 0.389. The zero-order valence-electron chi connectivity index (χ0n) is 15.0. The van der Waals surface area contributed by atoms with E-state index in [1.165, 1.54) is 11.3 Å². The van der Waals surface area contributed by atoms with Crippen LogP contribution in [-0.4, -0.2) is 47.8 Å². The maximum atomic E-state index is 11.9. The number of hydrogen-bond donors (Lipinski definition) is 1. The number of aromatic nitrogens is 2. The van der Waals surface area contributed by atoms with Crippen LogP contribution in [-0.2, 0) is 9.53 Å². The predicted molar refractivity (Wildman–Crippen MR) is 103 cm³/mol. The van der Waals surface area contributed by atoms with Gasteiger partial charge in [0.05, 0.1) is 23.6 Å². The number of rotatable bonds is 6. The molecule has 27 heavy (non-hydrogen) atoms. The van der Waals surface area contributed by atoms with E-state index in [2.05, 4.69) is 25.4 Å². The molecule has 1 saturated heterocycles. The Morgan fingerprint density at radius 1 is 1.37 bits per heavy atom. The summed E-state index contributed by atoms with van der Waals surface area (Å²) >= 11 is 1.49. The largest absolute Gasteiger partial charge is 0.466 e. The van der Waals surface area contributed by atoms with Gasteiger partial charge in [-0.2, -0.15) is 5.10 Å². The molecular formula is C18H21N5O3S. The van der Waals surface area contributed by atoms with Gasteiger partial charge in [0.25, 0.3) is 5.91 Å². The summed E-state index contributed by atoms with van der Waals surface area (Å²) in [6.45, 7) is 3.79. The van der Waals surface area contributed by atoms with Gasteiger partial charge in [0.2, 0.25) is 0 Å². The lowest BCUT2D eigenvalue weighted by molar-refractivity contribution is -0.148. The molecule has 1 N–H and O–H groups in total. The molecule has 9 heteroatoms. The molecule has 3 heterocycles. The minimum absolute atomic E-state index is 0.0226. The number of thiazole rings is 1. The van der Waals surface area contributed by atoms with E-state index in [0.29, 0.717) is 12.2 Å². The van der Waals surface area contributed by atoms with Crippen LogP contribution in [0.4, 0.5) is 5.13 Å². The molecule has 0 aromatic carbocycles. The molecule has 0 aliphatic carbocycles. The van der Waals surface area contributed by atoms with E-state index in [4.69, 9.17) is 4.74 Å². The summed E-state index contributed by atoms with van der Waals surface area (Å²) in [6, 6.07) is 3.24. The molecule has 1 aliphatic rings. The van der Waals surface area contributed by atoms with Crippen LogP contribution in [0, 0.1) is 5.92 Å². The number of amides is 1. The molecule has 0 atom stereocenters. The first-order valence-electron chi connectivity index (χ1n) is 8.78. The van der Waals surface area contributed by atoms with Gasteiger partial charge in [0.15, 0.2) is 5.13 Å². The van der Waals surface area contributed by atoms with E-state index >= 15 is 0 Å². The van der Waals surface area contributed by atoms with E-state index in [0.717, 1.165) is 35.9 Å². The van der Waals surface area contributed by atoms with Crippen molar-refractivity contribution < 1.29 is 14.3 Å². The van der Waals surface area contributed by atoms with Crippen LogP contribution in [0.25, 0.3) is 0 Å². The second-order valence-corrected chi connectivity index (χ2v) is 7.03. The van der Waals surface area contributed by atoms with Crippen LogP contribution in [0.3, 0.4) is 0 Å². The summed E-state index contributed by atoms with van der Waals surface area (Å²) in [6.07, 6.45) is 7.94. The Morgan fingerprint density at radius 2 is 2.11 bits per heavy atom. The van der Waals surface area contributed by atoms with Gasteiger partial charge in [0, 0.05) is 37.2 Å². The van der Waals surface area contributed by atoms with Crippen LogP contribution >= 0.6 is 11.3 Å². The van der Waals surface area contributed by atoms with Gasteiger partial charge >= 0.3 is 5.97 Å². The maximum Gasteiger partial charge on any atom is 0.309 e. The fourth-order valence-corrected chi connectivity index (χ4v) is 3.61. The summed E-state index contributed by atoms with van der Waals surface area (Å²) in [5, 5.41) is 4.87. The first kappa shape index (κ1) is 19.0. The highest BCUT2D eigenvalue weighted by molar-refractivity contribution is 7.17. The van der Waals surface area contributed by atoms with Crippen LogP contribution < -0.4 is 10.3 Å². The van der Waals surface area contributed by atoms with Crippen LogP contribution in [0.2, 0.25) is 0 Å². The number of ether oxygens (including phenoxy) is 1. The van der Waals surface area contributed by atoms with Crippen molar-refractivity contribution in [3.63, 3.8) is 0 Å². The lowest BCUT2D eigenvalue weighted by Gasteiger charge is -2.30. The highest BCUT2D eigenvalue weighted by Crippen LogP contribution is 2.27. The van der Waals surface area contributed by atoms with Crippen molar-refractivity contribution in [2.75, 3.05) is 24.6 Å². The summed E-state index contributed by atoms with van der Waals surface area (Å²) in [5.74, 6) is -0.418. The van der Waals surface area contributed by atoms with Crippen molar-refractivity contribution in [2.45, 2.75) is 19.8 Å². The average Bonchev–Trinajstić information content (AvgIpc) is 3.18. The lowest BCUT2D eigenvalue weighted by Crippen LogP contribution is -2.36. The van der Waals surface area contributed by atoms with E-state index in [1.54, 1.807) is 36.9 Å². The summed E-state index contributed by atoms with van der Waals surface area (Å²) in [5.41, 5.74) is 2.98. The molecule has 0 radical (unpaired) electrons. The molecular weight excluding hydrogens is 366 g/mol. The second-order valence-electron chi connectivity index (χ2n) is 5.99. The molecule has 8 nitrogen and oxygen atoms in total. The van der Waals surface area contributed by atoms with Crippen molar-refractivity contribution in [1.29, 1.82) is 0 Å². The number of piperidine rings is 1. The molecule has 2 aromatic rings. The van der Waals surface area contributed by atoms with E-state index < -0.39 is 0 Å². The Balaban J connectivity index is 1.50. The van der Waals surface area contributed by atoms with Crippen LogP contribution in [0.5, 0.6) is 0 Å². The first-order chi connectivity index (χ1) is 13.2. The van der Waals surface area contributed by atoms with Gasteiger partial charge in [-0.25, -0.2) is 10.4 Å². The van der Waals surface area contributed by atoms with Crippen molar-refractivity contribution in [2.24, 2.45) is 11.0 Å². The van der Waals surface area contributed by atoms with Gasteiger partial charge in [-0.1, -0.05) is 11.3 Å². The Morgan fingerprint density at radius 3 is 2.81 bits per heavy atom. The number of hydrogen-bond acceptors (Lipinski definition) is 8. The maximum absolute atomic E-state index is 11.9. The predicted octanol–water partition coefficient (Wildman–Crippen LogP) is 2.08. The quantitative estimate of drug-likeness (QED) is 0.463. The van der Waals surface area contributed by atoms with Crippen molar-refractivity contribution >= 4 is 34.6 Å². The third-order valence-electron chi connectivity index (χ3n) is 4.20.